The van der Waals surface area contributed by atoms with E-state index in [4.69, 9.17) is 14.6 Å². The van der Waals surface area contributed by atoms with Crippen LogP contribution >= 0.6 is 0 Å². The van der Waals surface area contributed by atoms with Crippen molar-refractivity contribution in [3.8, 4) is 0 Å². The van der Waals surface area contributed by atoms with E-state index in [1.54, 1.807) is 0 Å². The molecule has 1 aliphatic heterocycles. The van der Waals surface area contributed by atoms with Crippen molar-refractivity contribution in [1.82, 2.24) is 4.90 Å². The van der Waals surface area contributed by atoms with Gasteiger partial charge in [-0.3, -0.25) is 4.79 Å². The molecule has 6 nitrogen and oxygen atoms in total. The Hall–Kier alpha value is -1.14. The monoisotopic (exact) mass is 245 g/mol. The van der Waals surface area contributed by atoms with Crippen molar-refractivity contribution in [2.24, 2.45) is 0 Å². The van der Waals surface area contributed by atoms with Crippen LogP contribution in [0.2, 0.25) is 0 Å². The first-order valence-corrected chi connectivity index (χ1v) is 5.56. The minimum Gasteiger partial charge on any atom is -0.479 e. The normalized spacial score (nSPS) is 21.4. The van der Waals surface area contributed by atoms with Crippen LogP contribution in [0.5, 0.6) is 0 Å². The number of carboxylic acids is 1. The van der Waals surface area contributed by atoms with Crippen LogP contribution in [0.15, 0.2) is 0 Å². The zero-order valence-electron chi connectivity index (χ0n) is 10.4. The van der Waals surface area contributed by atoms with Crippen molar-refractivity contribution in [3.63, 3.8) is 0 Å². The molecule has 0 aliphatic carbocycles. The van der Waals surface area contributed by atoms with E-state index in [2.05, 4.69) is 0 Å². The van der Waals surface area contributed by atoms with Crippen LogP contribution in [0, 0.1) is 0 Å². The predicted molar refractivity (Wildman–Crippen MR) is 59.7 cm³/mol. The van der Waals surface area contributed by atoms with Crippen molar-refractivity contribution < 1.29 is 24.2 Å². The molecule has 0 aromatic rings. The lowest BCUT2D eigenvalue weighted by atomic mass is 10.2. The number of nitrogens with zero attached hydrogens (tertiary/aromatic N) is 1. The Morgan fingerprint density at radius 3 is 2.65 bits per heavy atom. The zero-order chi connectivity index (χ0) is 13.1. The zero-order valence-corrected chi connectivity index (χ0v) is 10.4. The summed E-state index contributed by atoms with van der Waals surface area (Å²) in [6.07, 6.45) is -0.928. The maximum Gasteiger partial charge on any atom is 0.334 e. The van der Waals surface area contributed by atoms with E-state index >= 15 is 0 Å². The third-order valence-electron chi connectivity index (χ3n) is 2.32. The molecule has 1 heterocycles. The fourth-order valence-electron chi connectivity index (χ4n) is 1.39. The number of morpholine rings is 1. The predicted octanol–water partition coefficient (Wildman–Crippen LogP) is 0.114. The van der Waals surface area contributed by atoms with Gasteiger partial charge in [-0.1, -0.05) is 0 Å². The summed E-state index contributed by atoms with van der Waals surface area (Å²) in [6.45, 7) is 6.30. The Morgan fingerprint density at radius 1 is 1.47 bits per heavy atom. The molecule has 1 fully saturated rings. The number of hydrogen-bond acceptors (Lipinski definition) is 4. The molecule has 0 bridgehead atoms. The van der Waals surface area contributed by atoms with Crippen molar-refractivity contribution in [1.29, 1.82) is 0 Å². The average molecular weight is 245 g/mol. The molecule has 1 N–H and O–H groups in total. The first kappa shape index (κ1) is 13.9. The molecule has 17 heavy (non-hydrogen) atoms. The minimum absolute atomic E-state index is 0.0319. The lowest BCUT2D eigenvalue weighted by Crippen LogP contribution is -2.50. The van der Waals surface area contributed by atoms with Crippen LogP contribution in [-0.2, 0) is 19.1 Å². The lowest BCUT2D eigenvalue weighted by Gasteiger charge is -2.31. The Bertz CT molecular complexity index is 297. The number of aliphatic carboxylic acids is 1. The Balaban J connectivity index is 2.44. The van der Waals surface area contributed by atoms with Crippen molar-refractivity contribution in [2.45, 2.75) is 32.5 Å². The molecule has 1 saturated heterocycles. The van der Waals surface area contributed by atoms with Gasteiger partial charge in [0.25, 0.3) is 0 Å². The highest BCUT2D eigenvalue weighted by Crippen LogP contribution is 2.09. The largest absolute Gasteiger partial charge is 0.479 e. The molecule has 1 aliphatic rings. The Kier molecular flexibility index (Phi) is 4.47. The summed E-state index contributed by atoms with van der Waals surface area (Å²) in [5.74, 6) is -1.24. The van der Waals surface area contributed by atoms with Gasteiger partial charge >= 0.3 is 5.97 Å². The van der Waals surface area contributed by atoms with Crippen LogP contribution in [-0.4, -0.2) is 59.9 Å². The molecule has 0 spiro atoms. The van der Waals surface area contributed by atoms with Crippen molar-refractivity contribution >= 4 is 11.9 Å². The van der Waals surface area contributed by atoms with Crippen LogP contribution in [0.4, 0.5) is 0 Å². The van der Waals surface area contributed by atoms with Gasteiger partial charge in [-0.2, -0.15) is 0 Å². The third kappa shape index (κ3) is 4.70. The van der Waals surface area contributed by atoms with Gasteiger partial charge < -0.3 is 19.5 Å². The summed E-state index contributed by atoms with van der Waals surface area (Å²) in [7, 11) is 0. The number of carbonyl (C=O) groups is 2. The number of carbonyl (C=O) groups excluding carboxylic acids is 1. The second kappa shape index (κ2) is 5.46. The van der Waals surface area contributed by atoms with Crippen LogP contribution < -0.4 is 0 Å². The Morgan fingerprint density at radius 2 is 2.12 bits per heavy atom. The molecule has 0 saturated carbocycles. The summed E-state index contributed by atoms with van der Waals surface area (Å²) in [4.78, 5) is 24.0. The van der Waals surface area contributed by atoms with Gasteiger partial charge in [0.05, 0.1) is 18.8 Å². The highest BCUT2D eigenvalue weighted by molar-refractivity contribution is 5.79. The van der Waals surface area contributed by atoms with Crippen LogP contribution in [0.3, 0.4) is 0 Å². The Labute approximate surface area is 100 Å². The van der Waals surface area contributed by atoms with Crippen LogP contribution in [0.25, 0.3) is 0 Å². The summed E-state index contributed by atoms with van der Waals surface area (Å²) in [5, 5.41) is 8.80. The summed E-state index contributed by atoms with van der Waals surface area (Å²) in [5.41, 5.74) is -0.381. The average Bonchev–Trinajstić information content (AvgIpc) is 2.25. The van der Waals surface area contributed by atoms with E-state index < -0.39 is 12.1 Å². The molecular weight excluding hydrogens is 226 g/mol. The van der Waals surface area contributed by atoms with E-state index in [0.29, 0.717) is 6.54 Å². The third-order valence-corrected chi connectivity index (χ3v) is 2.32. The lowest BCUT2D eigenvalue weighted by molar-refractivity contribution is -0.162. The molecular formula is C11H19NO5. The van der Waals surface area contributed by atoms with Gasteiger partial charge in [0.2, 0.25) is 5.91 Å². The van der Waals surface area contributed by atoms with E-state index in [9.17, 15) is 9.59 Å². The standard InChI is InChI=1S/C11H19NO5/c1-11(2,3)17-7-9(13)12-4-5-16-8(6-12)10(14)15/h8H,4-7H2,1-3H3,(H,14,15). The number of ether oxygens (including phenoxy) is 2. The number of rotatable bonds is 3. The second-order valence-corrected chi connectivity index (χ2v) is 4.94. The maximum atomic E-state index is 11.8. The summed E-state index contributed by atoms with van der Waals surface area (Å²) < 4.78 is 10.4. The first-order chi connectivity index (χ1) is 7.79. The molecule has 1 unspecified atom stereocenters. The highest BCUT2D eigenvalue weighted by Gasteiger charge is 2.29. The number of hydrogen-bond donors (Lipinski definition) is 1. The molecule has 98 valence electrons. The highest BCUT2D eigenvalue weighted by atomic mass is 16.5. The molecule has 0 radical (unpaired) electrons. The van der Waals surface area contributed by atoms with Crippen LogP contribution in [0.1, 0.15) is 20.8 Å². The quantitative estimate of drug-likeness (QED) is 0.764. The molecule has 1 amide bonds. The van der Waals surface area contributed by atoms with Gasteiger partial charge in [0, 0.05) is 6.54 Å². The van der Waals surface area contributed by atoms with Gasteiger partial charge in [-0.15, -0.1) is 0 Å². The van der Waals surface area contributed by atoms with E-state index in [0.717, 1.165) is 0 Å². The molecule has 0 aromatic carbocycles. The maximum absolute atomic E-state index is 11.8. The summed E-state index contributed by atoms with van der Waals surface area (Å²) >= 11 is 0. The van der Waals surface area contributed by atoms with E-state index in [-0.39, 0.29) is 31.3 Å². The van der Waals surface area contributed by atoms with Crippen molar-refractivity contribution in [3.05, 3.63) is 0 Å². The molecule has 6 heteroatoms. The van der Waals surface area contributed by atoms with E-state index in [1.165, 1.54) is 4.90 Å². The van der Waals surface area contributed by atoms with Gasteiger partial charge in [0.1, 0.15) is 6.61 Å². The smallest absolute Gasteiger partial charge is 0.334 e. The fourth-order valence-corrected chi connectivity index (χ4v) is 1.39. The SMILES string of the molecule is CC(C)(C)OCC(=O)N1CCOC(C(=O)O)C1. The van der Waals surface area contributed by atoms with E-state index in [1.807, 2.05) is 20.8 Å². The number of carboxylic acid groups (broad SMARTS) is 1. The summed E-state index contributed by atoms with van der Waals surface area (Å²) in [6, 6.07) is 0. The topological polar surface area (TPSA) is 76.1 Å². The van der Waals surface area contributed by atoms with Gasteiger partial charge in [-0.05, 0) is 20.8 Å². The van der Waals surface area contributed by atoms with Gasteiger partial charge in [0.15, 0.2) is 6.10 Å². The molecule has 0 aromatic heterocycles. The fraction of sp³-hybridized carbons (Fsp3) is 0.818. The number of amides is 1. The minimum atomic E-state index is -1.04. The molecule has 1 atom stereocenters. The first-order valence-electron chi connectivity index (χ1n) is 5.56. The second-order valence-electron chi connectivity index (χ2n) is 4.94. The van der Waals surface area contributed by atoms with Crippen molar-refractivity contribution in [2.75, 3.05) is 26.3 Å². The molecule has 1 rings (SSSR count). The van der Waals surface area contributed by atoms with Gasteiger partial charge in [-0.25, -0.2) is 4.79 Å².